The number of hydrogen-bond donors (Lipinski definition) is 1. The summed E-state index contributed by atoms with van der Waals surface area (Å²) >= 11 is 1.66. The molecule has 0 radical (unpaired) electrons. The maximum absolute atomic E-state index is 14.3. The monoisotopic (exact) mass is 539 g/mol. The van der Waals surface area contributed by atoms with Crippen molar-refractivity contribution in [1.82, 2.24) is 9.80 Å². The van der Waals surface area contributed by atoms with Crippen LogP contribution in [0.3, 0.4) is 0 Å². The fourth-order valence-corrected chi connectivity index (χ4v) is 9.17. The summed E-state index contributed by atoms with van der Waals surface area (Å²) < 4.78 is -1.15. The van der Waals surface area contributed by atoms with E-state index in [0.717, 1.165) is 31.4 Å². The van der Waals surface area contributed by atoms with E-state index in [2.05, 4.69) is 27.0 Å². The molecule has 2 unspecified atom stereocenters. The molecule has 8 heteroatoms. The molecule has 3 aliphatic rings. The summed E-state index contributed by atoms with van der Waals surface area (Å²) in [7, 11) is 0. The zero-order valence-corrected chi connectivity index (χ0v) is 23.5. The number of unbranched alkanes of at least 4 members (excludes halogenated alkanes) is 2. The molecule has 0 saturated carbocycles. The largest absolute Gasteiger partial charge is 0.395 e. The number of carbonyl (C=O) groups is 3. The molecule has 7 nitrogen and oxygen atoms in total. The van der Waals surface area contributed by atoms with Crippen molar-refractivity contribution in [3.63, 3.8) is 0 Å². The van der Waals surface area contributed by atoms with Gasteiger partial charge < -0.3 is 19.8 Å². The first-order valence-corrected chi connectivity index (χ1v) is 14.6. The van der Waals surface area contributed by atoms with Gasteiger partial charge in [-0.25, -0.2) is 0 Å². The first-order valence-electron chi connectivity index (χ1n) is 13.8. The van der Waals surface area contributed by atoms with Crippen molar-refractivity contribution < 1.29 is 19.5 Å². The SMILES string of the molecule is C=CCN(CCCCC)C(=O)C1N(CCO)C(=O)[C@@H]2[C@H](C(=O)N(CC=C)c3ccccc3)[C@]3(C)CCC12S3. The van der Waals surface area contributed by atoms with Crippen LogP contribution in [0.25, 0.3) is 0 Å². The third-order valence-corrected chi connectivity index (χ3v) is 10.4. The summed E-state index contributed by atoms with van der Waals surface area (Å²) in [5.74, 6) is -1.57. The number of nitrogens with zero attached hydrogens (tertiary/aromatic N) is 3. The Morgan fingerprint density at radius 2 is 1.84 bits per heavy atom. The van der Waals surface area contributed by atoms with E-state index >= 15 is 0 Å². The molecule has 3 fully saturated rings. The summed E-state index contributed by atoms with van der Waals surface area (Å²) in [6.07, 6.45) is 7.81. The van der Waals surface area contributed by atoms with E-state index in [4.69, 9.17) is 0 Å². The Kier molecular flexibility index (Phi) is 8.72. The van der Waals surface area contributed by atoms with Gasteiger partial charge >= 0.3 is 0 Å². The Hall–Kier alpha value is -2.58. The number of fused-ring (bicyclic) bond motifs is 1. The van der Waals surface area contributed by atoms with Crippen LogP contribution in [0, 0.1) is 11.8 Å². The number of likely N-dealkylation sites (tertiary alicyclic amines) is 1. The third kappa shape index (κ3) is 4.70. The van der Waals surface area contributed by atoms with Crippen molar-refractivity contribution in [2.75, 3.05) is 37.7 Å². The van der Waals surface area contributed by atoms with Crippen molar-refractivity contribution >= 4 is 35.2 Å². The minimum atomic E-state index is -0.706. The fourth-order valence-electron chi connectivity index (χ4n) is 6.83. The molecule has 3 amide bonds. The second-order valence-corrected chi connectivity index (χ2v) is 12.7. The van der Waals surface area contributed by atoms with Crippen molar-refractivity contribution in [3.8, 4) is 0 Å². The number of benzene rings is 1. The van der Waals surface area contributed by atoms with Gasteiger partial charge in [0.05, 0.1) is 23.2 Å². The number of β-amino-alcohol motifs (C(OH)–C–C–N with tert-alkyl or cyclic N) is 1. The lowest BCUT2D eigenvalue weighted by Gasteiger charge is -2.38. The predicted octanol–water partition coefficient (Wildman–Crippen LogP) is 3.88. The summed E-state index contributed by atoms with van der Waals surface area (Å²) in [5.41, 5.74) is 0.765. The zero-order chi connectivity index (χ0) is 27.5. The number of aliphatic hydroxyl groups excluding tert-OH is 1. The fraction of sp³-hybridized carbons (Fsp3) is 0.567. The lowest BCUT2D eigenvalue weighted by atomic mass is 9.66. The van der Waals surface area contributed by atoms with Crippen molar-refractivity contribution in [2.24, 2.45) is 11.8 Å². The van der Waals surface area contributed by atoms with Crippen LogP contribution in [0.5, 0.6) is 0 Å². The highest BCUT2D eigenvalue weighted by atomic mass is 32.2. The Morgan fingerprint density at radius 1 is 1.13 bits per heavy atom. The average Bonchev–Trinajstić information content (AvgIpc) is 3.48. The second-order valence-electron chi connectivity index (χ2n) is 10.8. The molecule has 2 bridgehead atoms. The molecule has 5 atom stereocenters. The van der Waals surface area contributed by atoms with E-state index in [1.165, 1.54) is 0 Å². The van der Waals surface area contributed by atoms with Crippen LogP contribution in [0.1, 0.15) is 46.0 Å². The van der Waals surface area contributed by atoms with Gasteiger partial charge in [0.2, 0.25) is 17.7 Å². The van der Waals surface area contributed by atoms with E-state index in [-0.39, 0.29) is 30.9 Å². The van der Waals surface area contributed by atoms with Gasteiger partial charge in [0.25, 0.3) is 0 Å². The van der Waals surface area contributed by atoms with Crippen molar-refractivity contribution in [3.05, 3.63) is 55.6 Å². The quantitative estimate of drug-likeness (QED) is 0.304. The van der Waals surface area contributed by atoms with E-state index < -0.39 is 27.4 Å². The summed E-state index contributed by atoms with van der Waals surface area (Å²) in [5, 5.41) is 9.89. The topological polar surface area (TPSA) is 81.2 Å². The Morgan fingerprint density at radius 3 is 2.47 bits per heavy atom. The number of anilines is 1. The lowest BCUT2D eigenvalue weighted by molar-refractivity contribution is -0.143. The molecule has 38 heavy (non-hydrogen) atoms. The van der Waals surface area contributed by atoms with Crippen LogP contribution < -0.4 is 4.90 Å². The molecule has 3 saturated heterocycles. The highest BCUT2D eigenvalue weighted by Gasteiger charge is 2.77. The first-order chi connectivity index (χ1) is 18.3. The number of aliphatic hydroxyl groups is 1. The van der Waals surface area contributed by atoms with Crippen molar-refractivity contribution in [2.45, 2.75) is 61.5 Å². The molecular formula is C30H41N3O4S. The maximum atomic E-state index is 14.3. The van der Waals surface area contributed by atoms with Gasteiger partial charge in [0.1, 0.15) is 6.04 Å². The number of rotatable bonds is 13. The molecule has 1 N–H and O–H groups in total. The molecule has 1 spiro atoms. The van der Waals surface area contributed by atoms with E-state index in [0.29, 0.717) is 26.1 Å². The number of hydrogen-bond acceptors (Lipinski definition) is 5. The van der Waals surface area contributed by atoms with Crippen LogP contribution in [-0.2, 0) is 14.4 Å². The lowest BCUT2D eigenvalue weighted by Crippen LogP contribution is -2.55. The van der Waals surface area contributed by atoms with E-state index in [1.54, 1.807) is 33.7 Å². The average molecular weight is 540 g/mol. The Balaban J connectivity index is 1.74. The molecule has 206 valence electrons. The smallest absolute Gasteiger partial charge is 0.247 e. The molecular weight excluding hydrogens is 498 g/mol. The third-order valence-electron chi connectivity index (χ3n) is 8.46. The van der Waals surface area contributed by atoms with Gasteiger partial charge in [-0.2, -0.15) is 0 Å². The molecule has 4 rings (SSSR count). The van der Waals surface area contributed by atoms with Crippen LogP contribution >= 0.6 is 11.8 Å². The molecule has 3 aliphatic heterocycles. The summed E-state index contributed by atoms with van der Waals surface area (Å²) in [4.78, 5) is 47.7. The molecule has 1 aromatic rings. The van der Waals surface area contributed by atoms with Crippen molar-refractivity contribution in [1.29, 1.82) is 0 Å². The first kappa shape index (κ1) is 28.4. The van der Waals surface area contributed by atoms with Crippen LogP contribution in [0.4, 0.5) is 5.69 Å². The number of para-hydroxylation sites is 1. The number of carbonyl (C=O) groups excluding carboxylic acids is 3. The highest BCUT2D eigenvalue weighted by molar-refractivity contribution is 8.02. The zero-order valence-electron chi connectivity index (χ0n) is 22.7. The van der Waals surface area contributed by atoms with Crippen LogP contribution in [-0.4, -0.2) is 80.9 Å². The van der Waals surface area contributed by atoms with Gasteiger partial charge in [-0.3, -0.25) is 14.4 Å². The minimum Gasteiger partial charge on any atom is -0.395 e. The van der Waals surface area contributed by atoms with Gasteiger partial charge in [-0.1, -0.05) is 50.1 Å². The maximum Gasteiger partial charge on any atom is 0.247 e. The van der Waals surface area contributed by atoms with Gasteiger partial charge in [-0.15, -0.1) is 24.9 Å². The highest BCUT2D eigenvalue weighted by Crippen LogP contribution is 2.71. The minimum absolute atomic E-state index is 0.0810. The second kappa shape index (κ2) is 11.7. The Labute approximate surface area is 230 Å². The standard InChI is InChI=1S/C30H41N3O4S/c1-5-8-12-19-31(17-6-2)28(37)25-30-16-15-29(4,38-30)23(24(30)27(36)33(25)20-21-34)26(35)32(18-7-3)22-13-10-9-11-14-22/h6-7,9-11,13-14,23-25,34H,2-3,5,8,12,15-21H2,1,4H3/t23-,24+,25?,29+,30?/m1/s1. The van der Waals surface area contributed by atoms with Crippen LogP contribution in [0.15, 0.2) is 55.6 Å². The van der Waals surface area contributed by atoms with Gasteiger partial charge in [-0.05, 0) is 38.3 Å². The summed E-state index contributed by atoms with van der Waals surface area (Å²) in [6.45, 7) is 13.1. The van der Waals surface area contributed by atoms with E-state index in [1.807, 2.05) is 35.2 Å². The van der Waals surface area contributed by atoms with E-state index in [9.17, 15) is 19.5 Å². The summed E-state index contributed by atoms with van der Waals surface area (Å²) in [6, 6.07) is 8.77. The number of thioether (sulfide) groups is 1. The molecule has 0 aromatic heterocycles. The van der Waals surface area contributed by atoms with Gasteiger partial charge in [0, 0.05) is 36.6 Å². The molecule has 1 aromatic carbocycles. The molecule has 0 aliphatic carbocycles. The Bertz CT molecular complexity index is 1060. The predicted molar refractivity (Wildman–Crippen MR) is 153 cm³/mol. The molecule has 3 heterocycles. The normalized spacial score (nSPS) is 29.3. The van der Waals surface area contributed by atoms with Crippen LogP contribution in [0.2, 0.25) is 0 Å². The van der Waals surface area contributed by atoms with Gasteiger partial charge in [0.15, 0.2) is 0 Å². The number of amides is 3.